The van der Waals surface area contributed by atoms with Gasteiger partial charge in [0.2, 0.25) is 5.89 Å². The molecule has 0 bridgehead atoms. The molecule has 1 heterocycles. The summed E-state index contributed by atoms with van der Waals surface area (Å²) in [6.07, 6.45) is 1.33. The number of ketones is 1. The summed E-state index contributed by atoms with van der Waals surface area (Å²) in [4.78, 5) is 29.7. The van der Waals surface area contributed by atoms with E-state index in [4.69, 9.17) is 4.42 Å². The standard InChI is InChI=1S/C18H13N3O5/c1-11(22)12-2-6-14(7-3-12)19-10-16-18(23)26-17(20-16)13-4-8-15(9-5-13)21(24)25/h2-10,23H,1H3. The first kappa shape index (κ1) is 17.0. The van der Waals surface area contributed by atoms with Crippen LogP contribution in [0.15, 0.2) is 57.9 Å². The van der Waals surface area contributed by atoms with Crippen LogP contribution in [-0.4, -0.2) is 27.0 Å². The molecule has 0 aliphatic heterocycles. The number of non-ortho nitro benzene ring substituents is 1. The maximum Gasteiger partial charge on any atom is 0.312 e. The van der Waals surface area contributed by atoms with Crippen LogP contribution in [0.4, 0.5) is 11.4 Å². The quantitative estimate of drug-likeness (QED) is 0.322. The number of carbonyl (C=O) groups is 1. The van der Waals surface area contributed by atoms with E-state index < -0.39 is 10.9 Å². The highest BCUT2D eigenvalue weighted by atomic mass is 16.6. The molecule has 3 rings (SSSR count). The zero-order valence-corrected chi connectivity index (χ0v) is 13.6. The molecule has 0 aliphatic rings. The average molecular weight is 351 g/mol. The van der Waals surface area contributed by atoms with Crippen LogP contribution >= 0.6 is 0 Å². The number of carbonyl (C=O) groups excluding carboxylic acids is 1. The zero-order chi connectivity index (χ0) is 18.7. The number of aromatic hydroxyl groups is 1. The van der Waals surface area contributed by atoms with E-state index in [0.717, 1.165) is 0 Å². The third-order valence-electron chi connectivity index (χ3n) is 3.57. The third kappa shape index (κ3) is 3.64. The molecule has 0 fully saturated rings. The maximum absolute atomic E-state index is 11.2. The Bertz CT molecular complexity index is 989. The van der Waals surface area contributed by atoms with Crippen molar-refractivity contribution in [1.29, 1.82) is 0 Å². The van der Waals surface area contributed by atoms with Crippen molar-refractivity contribution < 1.29 is 19.2 Å². The van der Waals surface area contributed by atoms with Gasteiger partial charge in [-0.3, -0.25) is 19.9 Å². The highest BCUT2D eigenvalue weighted by Gasteiger charge is 2.14. The van der Waals surface area contributed by atoms with Crippen LogP contribution in [-0.2, 0) is 0 Å². The summed E-state index contributed by atoms with van der Waals surface area (Å²) in [5.74, 6) is -0.337. The number of benzene rings is 2. The van der Waals surface area contributed by atoms with Crippen molar-refractivity contribution in [2.45, 2.75) is 6.92 Å². The van der Waals surface area contributed by atoms with E-state index in [1.807, 2.05) is 0 Å². The molecular weight excluding hydrogens is 338 g/mol. The Hall–Kier alpha value is -3.81. The van der Waals surface area contributed by atoms with E-state index in [9.17, 15) is 20.0 Å². The minimum Gasteiger partial charge on any atom is -0.479 e. The monoisotopic (exact) mass is 351 g/mol. The van der Waals surface area contributed by atoms with E-state index in [0.29, 0.717) is 16.8 Å². The first-order valence-electron chi connectivity index (χ1n) is 7.54. The van der Waals surface area contributed by atoms with Gasteiger partial charge in [-0.15, -0.1) is 0 Å². The van der Waals surface area contributed by atoms with Gasteiger partial charge in [0.25, 0.3) is 5.69 Å². The van der Waals surface area contributed by atoms with Crippen LogP contribution < -0.4 is 0 Å². The minimum absolute atomic E-state index is 0.0394. The summed E-state index contributed by atoms with van der Waals surface area (Å²) in [7, 11) is 0. The molecule has 1 aromatic heterocycles. The molecule has 0 unspecified atom stereocenters. The van der Waals surface area contributed by atoms with Gasteiger partial charge in [0, 0.05) is 23.3 Å². The number of Topliss-reactive ketones (excluding diaryl/α,β-unsaturated/α-hetero) is 1. The molecule has 26 heavy (non-hydrogen) atoms. The Morgan fingerprint density at radius 2 is 1.85 bits per heavy atom. The Kier molecular flexibility index (Phi) is 4.57. The highest BCUT2D eigenvalue weighted by Crippen LogP contribution is 2.27. The molecule has 0 spiro atoms. The van der Waals surface area contributed by atoms with Crippen LogP contribution in [0.2, 0.25) is 0 Å². The second-order valence-corrected chi connectivity index (χ2v) is 5.37. The first-order chi connectivity index (χ1) is 12.4. The van der Waals surface area contributed by atoms with Crippen molar-refractivity contribution in [3.8, 4) is 17.4 Å². The lowest BCUT2D eigenvalue weighted by atomic mass is 10.1. The lowest BCUT2D eigenvalue weighted by Gasteiger charge is -1.96. The molecule has 1 N–H and O–H groups in total. The SMILES string of the molecule is CC(=O)c1ccc(N=Cc2nc(-c3ccc([N+](=O)[O-])cc3)oc2O)cc1. The fraction of sp³-hybridized carbons (Fsp3) is 0.0556. The first-order valence-corrected chi connectivity index (χ1v) is 7.54. The number of aliphatic imine (C=N–C) groups is 1. The number of aromatic nitrogens is 1. The predicted molar refractivity (Wildman–Crippen MR) is 94.0 cm³/mol. The fourth-order valence-corrected chi connectivity index (χ4v) is 2.18. The molecule has 0 saturated heterocycles. The molecule has 2 aromatic carbocycles. The Labute approximate surface area is 147 Å². The molecule has 8 heteroatoms. The highest BCUT2D eigenvalue weighted by molar-refractivity contribution is 5.94. The van der Waals surface area contributed by atoms with E-state index >= 15 is 0 Å². The number of nitrogens with zero attached hydrogens (tertiary/aromatic N) is 3. The maximum atomic E-state index is 11.2. The van der Waals surface area contributed by atoms with Crippen molar-refractivity contribution >= 4 is 23.4 Å². The van der Waals surface area contributed by atoms with Gasteiger partial charge in [-0.2, -0.15) is 0 Å². The number of hydrogen-bond donors (Lipinski definition) is 1. The van der Waals surface area contributed by atoms with Gasteiger partial charge in [0.05, 0.1) is 16.8 Å². The average Bonchev–Trinajstić information content (AvgIpc) is 3.01. The third-order valence-corrected chi connectivity index (χ3v) is 3.57. The number of hydrogen-bond acceptors (Lipinski definition) is 7. The van der Waals surface area contributed by atoms with Crippen LogP contribution in [0.3, 0.4) is 0 Å². The molecule has 130 valence electrons. The van der Waals surface area contributed by atoms with Crippen molar-refractivity contribution in [3.63, 3.8) is 0 Å². The van der Waals surface area contributed by atoms with Gasteiger partial charge in [-0.05, 0) is 43.3 Å². The second kappa shape index (κ2) is 6.98. The normalized spacial score (nSPS) is 11.0. The molecule has 0 amide bonds. The summed E-state index contributed by atoms with van der Waals surface area (Å²) in [6.45, 7) is 1.48. The Balaban J connectivity index is 1.81. The fourth-order valence-electron chi connectivity index (χ4n) is 2.18. The van der Waals surface area contributed by atoms with Crippen LogP contribution in [0.5, 0.6) is 5.95 Å². The van der Waals surface area contributed by atoms with Gasteiger partial charge in [0.1, 0.15) is 0 Å². The van der Waals surface area contributed by atoms with Gasteiger partial charge in [-0.25, -0.2) is 4.98 Å². The molecule has 0 saturated carbocycles. The summed E-state index contributed by atoms with van der Waals surface area (Å²) in [5.41, 5.74) is 1.70. The molecule has 8 nitrogen and oxygen atoms in total. The number of rotatable bonds is 5. The largest absolute Gasteiger partial charge is 0.479 e. The van der Waals surface area contributed by atoms with Gasteiger partial charge < -0.3 is 9.52 Å². The molecule has 3 aromatic rings. The topological polar surface area (TPSA) is 119 Å². The smallest absolute Gasteiger partial charge is 0.312 e. The van der Waals surface area contributed by atoms with E-state index in [-0.39, 0.29) is 23.1 Å². The number of oxazole rings is 1. The van der Waals surface area contributed by atoms with Crippen LogP contribution in [0.1, 0.15) is 23.0 Å². The molecule has 0 aliphatic carbocycles. The molecule has 0 atom stereocenters. The number of nitro benzene ring substituents is 1. The molecular formula is C18H13N3O5. The second-order valence-electron chi connectivity index (χ2n) is 5.37. The van der Waals surface area contributed by atoms with Crippen LogP contribution in [0.25, 0.3) is 11.5 Å². The Morgan fingerprint density at radius 1 is 1.19 bits per heavy atom. The summed E-state index contributed by atoms with van der Waals surface area (Å²) >= 11 is 0. The molecule has 0 radical (unpaired) electrons. The lowest BCUT2D eigenvalue weighted by Crippen LogP contribution is -1.89. The van der Waals surface area contributed by atoms with E-state index in [1.165, 1.54) is 37.4 Å². The van der Waals surface area contributed by atoms with E-state index in [1.54, 1.807) is 24.3 Å². The van der Waals surface area contributed by atoms with Crippen molar-refractivity contribution in [1.82, 2.24) is 4.98 Å². The summed E-state index contributed by atoms with van der Waals surface area (Å²) in [5, 5.41) is 20.5. The van der Waals surface area contributed by atoms with Gasteiger partial charge in [0.15, 0.2) is 11.5 Å². The summed E-state index contributed by atoms with van der Waals surface area (Å²) < 4.78 is 5.18. The zero-order valence-electron chi connectivity index (χ0n) is 13.6. The predicted octanol–water partition coefficient (Wildman–Crippen LogP) is 3.91. The van der Waals surface area contributed by atoms with Gasteiger partial charge >= 0.3 is 5.95 Å². The minimum atomic E-state index is -0.508. The van der Waals surface area contributed by atoms with E-state index in [2.05, 4.69) is 9.98 Å². The van der Waals surface area contributed by atoms with Crippen molar-refractivity contribution in [2.24, 2.45) is 4.99 Å². The number of nitro groups is 1. The lowest BCUT2D eigenvalue weighted by molar-refractivity contribution is -0.384. The van der Waals surface area contributed by atoms with Crippen LogP contribution in [0, 0.1) is 10.1 Å². The summed E-state index contributed by atoms with van der Waals surface area (Å²) in [6, 6.07) is 12.2. The van der Waals surface area contributed by atoms with Gasteiger partial charge in [-0.1, -0.05) is 0 Å². The van der Waals surface area contributed by atoms with Crippen molar-refractivity contribution in [3.05, 3.63) is 69.9 Å². The Morgan fingerprint density at radius 3 is 2.42 bits per heavy atom. The van der Waals surface area contributed by atoms with Crippen molar-refractivity contribution in [2.75, 3.05) is 0 Å².